The average Bonchev–Trinajstić information content (AvgIpc) is 3.22. The fraction of sp³-hybridized carbons (Fsp3) is 0.348. The molecule has 32 heavy (non-hydrogen) atoms. The van der Waals surface area contributed by atoms with Crippen LogP contribution in [0.2, 0.25) is 0 Å². The lowest BCUT2D eigenvalue weighted by molar-refractivity contribution is 0.0184. The van der Waals surface area contributed by atoms with Crippen LogP contribution in [-0.2, 0) is 11.3 Å². The van der Waals surface area contributed by atoms with Crippen molar-refractivity contribution < 1.29 is 18.9 Å². The molecular formula is C23H29Cl2N3O4. The number of nitrogens with one attached hydrogen (secondary N) is 1. The number of ether oxygens (including phenoxy) is 4. The van der Waals surface area contributed by atoms with Crippen LogP contribution >= 0.6 is 24.8 Å². The van der Waals surface area contributed by atoms with E-state index in [0.29, 0.717) is 30.4 Å². The molecule has 1 saturated heterocycles. The summed E-state index contributed by atoms with van der Waals surface area (Å²) in [6.45, 7) is 3.08. The molecule has 9 heteroatoms. The molecule has 1 aromatic heterocycles. The molecule has 1 N–H and O–H groups in total. The van der Waals surface area contributed by atoms with E-state index in [1.54, 1.807) is 21.3 Å². The number of aromatic nitrogens is 2. The molecule has 1 aliphatic rings. The first-order valence-electron chi connectivity index (χ1n) is 9.98. The van der Waals surface area contributed by atoms with Crippen molar-refractivity contribution in [2.75, 3.05) is 41.0 Å². The molecule has 1 fully saturated rings. The van der Waals surface area contributed by atoms with Crippen molar-refractivity contribution in [1.29, 1.82) is 0 Å². The van der Waals surface area contributed by atoms with Crippen molar-refractivity contribution in [2.45, 2.75) is 12.6 Å². The fourth-order valence-electron chi connectivity index (χ4n) is 3.78. The van der Waals surface area contributed by atoms with Crippen molar-refractivity contribution in [2.24, 2.45) is 0 Å². The normalized spacial score (nSPS) is 15.3. The molecule has 0 aliphatic carbocycles. The zero-order chi connectivity index (χ0) is 20.9. The summed E-state index contributed by atoms with van der Waals surface area (Å²) in [5.41, 5.74) is 3.75. The van der Waals surface area contributed by atoms with Crippen LogP contribution in [0.25, 0.3) is 22.5 Å². The van der Waals surface area contributed by atoms with Crippen LogP contribution in [-0.4, -0.2) is 56.7 Å². The molecule has 3 aromatic rings. The standard InChI is InChI=1S/C23H27N3O4.2ClH/c1-27-19-12-21(29-3)20(28-2)11-18(19)23-22(16-7-5-4-6-8-16)25-15-26(23)14-17-13-24-9-10-30-17;;/h4-8,11-12,15,17,24H,9-10,13-14H2,1-3H3;2*1H. The van der Waals surface area contributed by atoms with Crippen LogP contribution in [0, 0.1) is 0 Å². The van der Waals surface area contributed by atoms with Crippen LogP contribution in [0.15, 0.2) is 48.8 Å². The lowest BCUT2D eigenvalue weighted by Gasteiger charge is -2.25. The van der Waals surface area contributed by atoms with E-state index in [1.807, 2.05) is 36.7 Å². The van der Waals surface area contributed by atoms with Gasteiger partial charge >= 0.3 is 0 Å². The number of imidazole rings is 1. The Bertz CT molecular complexity index is 992. The number of hydrogen-bond acceptors (Lipinski definition) is 6. The van der Waals surface area contributed by atoms with E-state index in [4.69, 9.17) is 23.9 Å². The first kappa shape index (κ1) is 25.8. The van der Waals surface area contributed by atoms with Gasteiger partial charge in [-0.25, -0.2) is 4.98 Å². The molecule has 2 aromatic carbocycles. The number of hydrogen-bond donors (Lipinski definition) is 1. The van der Waals surface area contributed by atoms with E-state index in [2.05, 4.69) is 22.0 Å². The number of morpholine rings is 1. The molecular weight excluding hydrogens is 453 g/mol. The van der Waals surface area contributed by atoms with Gasteiger partial charge in [0.2, 0.25) is 0 Å². The van der Waals surface area contributed by atoms with Gasteiger partial charge in [0, 0.05) is 30.3 Å². The zero-order valence-electron chi connectivity index (χ0n) is 18.4. The van der Waals surface area contributed by atoms with E-state index >= 15 is 0 Å². The first-order chi connectivity index (χ1) is 14.7. The maximum Gasteiger partial charge on any atom is 0.164 e. The summed E-state index contributed by atoms with van der Waals surface area (Å²) >= 11 is 0. The molecule has 4 rings (SSSR count). The predicted molar refractivity (Wildman–Crippen MR) is 130 cm³/mol. The van der Waals surface area contributed by atoms with E-state index in [0.717, 1.165) is 35.6 Å². The molecule has 0 spiro atoms. The summed E-state index contributed by atoms with van der Waals surface area (Å²) in [7, 11) is 4.90. The van der Waals surface area contributed by atoms with E-state index in [-0.39, 0.29) is 30.9 Å². The summed E-state index contributed by atoms with van der Waals surface area (Å²) in [5, 5.41) is 3.39. The number of methoxy groups -OCH3 is 3. The maximum absolute atomic E-state index is 5.94. The topological polar surface area (TPSA) is 66.8 Å². The van der Waals surface area contributed by atoms with Gasteiger partial charge in [-0.1, -0.05) is 30.3 Å². The molecule has 0 bridgehead atoms. The van der Waals surface area contributed by atoms with Crippen molar-refractivity contribution in [3.63, 3.8) is 0 Å². The van der Waals surface area contributed by atoms with Gasteiger partial charge in [0.15, 0.2) is 11.5 Å². The molecule has 174 valence electrons. The van der Waals surface area contributed by atoms with Crippen LogP contribution in [0.3, 0.4) is 0 Å². The largest absolute Gasteiger partial charge is 0.496 e. The highest BCUT2D eigenvalue weighted by Gasteiger charge is 2.23. The second-order valence-corrected chi connectivity index (χ2v) is 7.06. The SMILES string of the molecule is COc1cc(OC)c(-c2c(-c3ccccc3)ncn2CC2CNCCO2)cc1OC.Cl.Cl. The Morgan fingerprint density at radius 2 is 1.69 bits per heavy atom. The Balaban J connectivity index is 0.00000181. The zero-order valence-corrected chi connectivity index (χ0v) is 20.0. The smallest absolute Gasteiger partial charge is 0.164 e. The number of nitrogens with zero attached hydrogens (tertiary/aromatic N) is 2. The summed E-state index contributed by atoms with van der Waals surface area (Å²) in [4.78, 5) is 4.76. The molecule has 0 saturated carbocycles. The van der Waals surface area contributed by atoms with Crippen molar-refractivity contribution in [3.8, 4) is 39.8 Å². The van der Waals surface area contributed by atoms with Gasteiger partial charge in [0.05, 0.1) is 58.3 Å². The monoisotopic (exact) mass is 481 g/mol. The molecule has 7 nitrogen and oxygen atoms in total. The number of rotatable bonds is 7. The van der Waals surface area contributed by atoms with Crippen molar-refractivity contribution >= 4 is 24.8 Å². The van der Waals surface area contributed by atoms with Gasteiger partial charge in [-0.2, -0.15) is 0 Å². The van der Waals surface area contributed by atoms with Gasteiger partial charge in [0.25, 0.3) is 0 Å². The van der Waals surface area contributed by atoms with Crippen LogP contribution in [0.5, 0.6) is 17.2 Å². The highest BCUT2D eigenvalue weighted by molar-refractivity contribution is 5.86. The van der Waals surface area contributed by atoms with Crippen LogP contribution in [0.1, 0.15) is 0 Å². The molecule has 1 unspecified atom stereocenters. The lowest BCUT2D eigenvalue weighted by Crippen LogP contribution is -2.40. The third kappa shape index (κ3) is 5.30. The Hall–Kier alpha value is -2.45. The third-order valence-electron chi connectivity index (χ3n) is 5.25. The second-order valence-electron chi connectivity index (χ2n) is 7.06. The van der Waals surface area contributed by atoms with Gasteiger partial charge in [0.1, 0.15) is 5.75 Å². The Labute approximate surface area is 200 Å². The van der Waals surface area contributed by atoms with Crippen molar-refractivity contribution in [1.82, 2.24) is 14.9 Å². The fourth-order valence-corrected chi connectivity index (χ4v) is 3.78. The summed E-state index contributed by atoms with van der Waals surface area (Å²) in [6, 6.07) is 13.9. The van der Waals surface area contributed by atoms with Crippen LogP contribution in [0.4, 0.5) is 0 Å². The third-order valence-corrected chi connectivity index (χ3v) is 5.25. The van der Waals surface area contributed by atoms with Gasteiger partial charge in [-0.3, -0.25) is 0 Å². The Morgan fingerprint density at radius 1 is 1.00 bits per heavy atom. The predicted octanol–water partition coefficient (Wildman–Crippen LogP) is 4.07. The van der Waals surface area contributed by atoms with Gasteiger partial charge in [-0.15, -0.1) is 24.8 Å². The van der Waals surface area contributed by atoms with Crippen LogP contribution < -0.4 is 19.5 Å². The quantitative estimate of drug-likeness (QED) is 0.548. The highest BCUT2D eigenvalue weighted by Crippen LogP contribution is 2.43. The minimum Gasteiger partial charge on any atom is -0.496 e. The maximum atomic E-state index is 5.94. The number of halogens is 2. The van der Waals surface area contributed by atoms with Gasteiger partial charge in [-0.05, 0) is 6.07 Å². The summed E-state index contributed by atoms with van der Waals surface area (Å²) < 4.78 is 24.8. The van der Waals surface area contributed by atoms with E-state index in [9.17, 15) is 0 Å². The number of benzene rings is 2. The lowest BCUT2D eigenvalue weighted by atomic mass is 10.0. The first-order valence-corrected chi connectivity index (χ1v) is 9.98. The molecule has 0 radical (unpaired) electrons. The van der Waals surface area contributed by atoms with Crippen molar-refractivity contribution in [3.05, 3.63) is 48.8 Å². The van der Waals surface area contributed by atoms with Gasteiger partial charge < -0.3 is 28.8 Å². The van der Waals surface area contributed by atoms with E-state index in [1.165, 1.54) is 0 Å². The highest BCUT2D eigenvalue weighted by atomic mass is 35.5. The Morgan fingerprint density at radius 3 is 2.31 bits per heavy atom. The molecule has 1 aliphatic heterocycles. The summed E-state index contributed by atoms with van der Waals surface area (Å²) in [6.07, 6.45) is 1.94. The summed E-state index contributed by atoms with van der Waals surface area (Å²) in [5.74, 6) is 1.94. The Kier molecular flexibility index (Phi) is 9.65. The minimum atomic E-state index is 0. The minimum absolute atomic E-state index is 0. The molecule has 2 heterocycles. The molecule has 1 atom stereocenters. The molecule has 0 amide bonds. The second kappa shape index (κ2) is 12.0. The van der Waals surface area contributed by atoms with E-state index < -0.39 is 0 Å². The average molecular weight is 482 g/mol.